The van der Waals surface area contributed by atoms with Crippen molar-refractivity contribution in [2.45, 2.75) is 13.5 Å². The molecule has 30 heavy (non-hydrogen) atoms. The van der Waals surface area contributed by atoms with Crippen molar-refractivity contribution in [1.29, 1.82) is 0 Å². The van der Waals surface area contributed by atoms with Crippen molar-refractivity contribution < 1.29 is 19.0 Å². The maximum Gasteiger partial charge on any atom is 0.244 e. The van der Waals surface area contributed by atoms with Crippen molar-refractivity contribution in [2.75, 3.05) is 21.3 Å². The topological polar surface area (TPSA) is 100 Å². The third-order valence-electron chi connectivity index (χ3n) is 4.35. The van der Waals surface area contributed by atoms with Gasteiger partial charge in [-0.15, -0.1) is 5.10 Å². The summed E-state index contributed by atoms with van der Waals surface area (Å²) in [4.78, 5) is 12.3. The van der Waals surface area contributed by atoms with E-state index in [0.717, 1.165) is 16.8 Å². The van der Waals surface area contributed by atoms with Crippen molar-refractivity contribution in [2.24, 2.45) is 0 Å². The third kappa shape index (κ3) is 4.75. The number of hydrogen-bond acceptors (Lipinski definition) is 7. The number of carbonyl (C=O) groups excluding carboxylic acids is 1. The van der Waals surface area contributed by atoms with Gasteiger partial charge < -0.3 is 19.5 Å². The van der Waals surface area contributed by atoms with E-state index in [9.17, 15) is 4.79 Å². The minimum Gasteiger partial charge on any atom is -0.493 e. The second kappa shape index (κ2) is 9.55. The molecule has 156 valence electrons. The van der Waals surface area contributed by atoms with Gasteiger partial charge in [-0.1, -0.05) is 17.7 Å². The van der Waals surface area contributed by atoms with E-state index in [2.05, 4.69) is 20.8 Å². The molecule has 0 bridgehead atoms. The molecule has 0 saturated heterocycles. The zero-order chi connectivity index (χ0) is 21.5. The largest absolute Gasteiger partial charge is 0.493 e. The number of methoxy groups -OCH3 is 3. The molecule has 0 aliphatic heterocycles. The van der Waals surface area contributed by atoms with Crippen molar-refractivity contribution in [3.63, 3.8) is 0 Å². The van der Waals surface area contributed by atoms with E-state index in [-0.39, 0.29) is 12.5 Å². The Bertz CT molecular complexity index is 1020. The Morgan fingerprint density at radius 1 is 1.07 bits per heavy atom. The predicted octanol–water partition coefficient (Wildman–Crippen LogP) is 2.33. The summed E-state index contributed by atoms with van der Waals surface area (Å²) in [6.45, 7) is 2.18. The highest BCUT2D eigenvalue weighted by Gasteiger charge is 2.12. The lowest BCUT2D eigenvalue weighted by Gasteiger charge is -2.12. The fourth-order valence-corrected chi connectivity index (χ4v) is 2.80. The van der Waals surface area contributed by atoms with Gasteiger partial charge in [0.15, 0.2) is 17.3 Å². The number of nitrogens with one attached hydrogen (secondary N) is 1. The smallest absolute Gasteiger partial charge is 0.244 e. The highest BCUT2D eigenvalue weighted by molar-refractivity contribution is 5.91. The summed E-state index contributed by atoms with van der Waals surface area (Å²) in [5.74, 6) is 1.74. The van der Waals surface area contributed by atoms with Crippen LogP contribution in [0.1, 0.15) is 17.0 Å². The molecule has 2 aromatic carbocycles. The molecule has 3 aromatic rings. The first-order chi connectivity index (χ1) is 14.5. The second-order valence-electron chi connectivity index (χ2n) is 6.35. The van der Waals surface area contributed by atoms with Crippen LogP contribution in [-0.4, -0.2) is 47.4 Å². The van der Waals surface area contributed by atoms with E-state index in [4.69, 9.17) is 14.2 Å². The molecule has 9 nitrogen and oxygen atoms in total. The number of carbonyl (C=O) groups is 1. The Labute approximate surface area is 174 Å². The van der Waals surface area contributed by atoms with E-state index in [0.29, 0.717) is 23.1 Å². The molecule has 0 radical (unpaired) electrons. The summed E-state index contributed by atoms with van der Waals surface area (Å²) in [5.41, 5.74) is 2.69. The number of aromatic nitrogens is 4. The Morgan fingerprint density at radius 3 is 2.33 bits per heavy atom. The molecule has 1 N–H and O–H groups in total. The van der Waals surface area contributed by atoms with Gasteiger partial charge >= 0.3 is 0 Å². The number of ether oxygens (including phenoxy) is 3. The van der Waals surface area contributed by atoms with Gasteiger partial charge in [0, 0.05) is 6.08 Å². The van der Waals surface area contributed by atoms with Gasteiger partial charge in [-0.3, -0.25) is 4.79 Å². The average molecular weight is 409 g/mol. The number of tetrazole rings is 1. The van der Waals surface area contributed by atoms with E-state index < -0.39 is 0 Å². The highest BCUT2D eigenvalue weighted by atomic mass is 16.5. The minimum atomic E-state index is -0.290. The number of rotatable bonds is 8. The van der Waals surface area contributed by atoms with Crippen LogP contribution in [0.5, 0.6) is 17.2 Å². The standard InChI is InChI=1S/C21H23N5O4/c1-14-5-8-16(9-6-14)26-19(23-24-25-26)13-22-20(27)10-7-15-11-17(28-2)21(30-4)18(12-15)29-3/h5-12H,13H2,1-4H3,(H,22,27)/b10-7+. The van der Waals surface area contributed by atoms with Crippen molar-refractivity contribution in [1.82, 2.24) is 25.5 Å². The summed E-state index contributed by atoms with van der Waals surface area (Å²) in [6.07, 6.45) is 3.07. The molecule has 0 saturated carbocycles. The third-order valence-corrected chi connectivity index (χ3v) is 4.35. The molecule has 9 heteroatoms. The monoisotopic (exact) mass is 409 g/mol. The van der Waals surface area contributed by atoms with Gasteiger partial charge in [0.25, 0.3) is 0 Å². The zero-order valence-electron chi connectivity index (χ0n) is 17.2. The van der Waals surface area contributed by atoms with Crippen LogP contribution in [0.25, 0.3) is 11.8 Å². The number of amides is 1. The van der Waals surface area contributed by atoms with Crippen LogP contribution in [0, 0.1) is 6.92 Å². The van der Waals surface area contributed by atoms with Crippen LogP contribution in [-0.2, 0) is 11.3 Å². The normalized spacial score (nSPS) is 10.8. The molecule has 3 rings (SSSR count). The summed E-state index contributed by atoms with van der Waals surface area (Å²) < 4.78 is 17.5. The van der Waals surface area contributed by atoms with Gasteiger partial charge in [0.05, 0.1) is 33.6 Å². The molecule has 1 aromatic heterocycles. The summed E-state index contributed by atoms with van der Waals surface area (Å²) in [5, 5.41) is 14.5. The Kier molecular flexibility index (Phi) is 6.63. The van der Waals surface area contributed by atoms with E-state index in [1.54, 1.807) is 22.9 Å². The molecule has 0 aliphatic rings. The molecule has 1 amide bonds. The van der Waals surface area contributed by atoms with Gasteiger partial charge in [-0.25, -0.2) is 0 Å². The first kappa shape index (κ1) is 20.8. The van der Waals surface area contributed by atoms with Gasteiger partial charge in [0.1, 0.15) is 0 Å². The Morgan fingerprint density at radius 2 is 1.73 bits per heavy atom. The van der Waals surface area contributed by atoms with E-state index in [1.807, 2.05) is 31.2 Å². The van der Waals surface area contributed by atoms with Gasteiger partial charge in [-0.2, -0.15) is 4.68 Å². The average Bonchev–Trinajstić information content (AvgIpc) is 3.24. The summed E-state index contributed by atoms with van der Waals surface area (Å²) >= 11 is 0. The van der Waals surface area contributed by atoms with Crippen molar-refractivity contribution in [3.8, 4) is 22.9 Å². The minimum absolute atomic E-state index is 0.180. The van der Waals surface area contributed by atoms with Crippen LogP contribution >= 0.6 is 0 Å². The molecular weight excluding hydrogens is 386 g/mol. The first-order valence-electron chi connectivity index (χ1n) is 9.16. The van der Waals surface area contributed by atoms with Crippen molar-refractivity contribution in [3.05, 3.63) is 59.4 Å². The number of benzene rings is 2. The van der Waals surface area contributed by atoms with E-state index in [1.165, 1.54) is 27.4 Å². The summed E-state index contributed by atoms with van der Waals surface area (Å²) in [7, 11) is 4.61. The molecular formula is C21H23N5O4. The quantitative estimate of drug-likeness (QED) is 0.570. The van der Waals surface area contributed by atoms with E-state index >= 15 is 0 Å². The van der Waals surface area contributed by atoms with Crippen LogP contribution in [0.4, 0.5) is 0 Å². The fourth-order valence-electron chi connectivity index (χ4n) is 2.80. The number of hydrogen-bond donors (Lipinski definition) is 1. The molecule has 0 atom stereocenters. The second-order valence-corrected chi connectivity index (χ2v) is 6.35. The Hall–Kier alpha value is -3.88. The zero-order valence-corrected chi connectivity index (χ0v) is 17.2. The molecule has 0 fully saturated rings. The van der Waals surface area contributed by atoms with Crippen molar-refractivity contribution >= 4 is 12.0 Å². The van der Waals surface area contributed by atoms with Crippen LogP contribution in [0.2, 0.25) is 0 Å². The highest BCUT2D eigenvalue weighted by Crippen LogP contribution is 2.38. The lowest BCUT2D eigenvalue weighted by atomic mass is 10.1. The number of nitrogens with zero attached hydrogens (tertiary/aromatic N) is 4. The molecule has 0 aliphatic carbocycles. The maximum absolute atomic E-state index is 12.3. The molecule has 0 spiro atoms. The SMILES string of the molecule is COc1cc(/C=C/C(=O)NCc2nnnn2-c2ccc(C)cc2)cc(OC)c1OC. The van der Waals surface area contributed by atoms with Gasteiger partial charge in [-0.05, 0) is 53.3 Å². The van der Waals surface area contributed by atoms with Crippen LogP contribution in [0.15, 0.2) is 42.5 Å². The lowest BCUT2D eigenvalue weighted by Crippen LogP contribution is -2.22. The summed E-state index contributed by atoms with van der Waals surface area (Å²) in [6, 6.07) is 11.3. The molecule has 0 unspecified atom stereocenters. The van der Waals surface area contributed by atoms with Crippen LogP contribution < -0.4 is 19.5 Å². The predicted molar refractivity (Wildman–Crippen MR) is 111 cm³/mol. The molecule has 1 heterocycles. The maximum atomic E-state index is 12.3. The lowest BCUT2D eigenvalue weighted by molar-refractivity contribution is -0.116. The first-order valence-corrected chi connectivity index (χ1v) is 9.16. The Balaban J connectivity index is 1.68. The number of aryl methyl sites for hydroxylation is 1. The van der Waals surface area contributed by atoms with Gasteiger partial charge in [0.2, 0.25) is 11.7 Å². The van der Waals surface area contributed by atoms with Crippen LogP contribution in [0.3, 0.4) is 0 Å². The fraction of sp³-hybridized carbons (Fsp3) is 0.238.